The largest absolute Gasteiger partial charge is 0.357 e. The molecule has 1 aliphatic heterocycles. The van der Waals surface area contributed by atoms with Crippen molar-refractivity contribution in [3.63, 3.8) is 0 Å². The zero-order chi connectivity index (χ0) is 18.5. The van der Waals surface area contributed by atoms with Crippen molar-refractivity contribution in [2.45, 2.75) is 18.9 Å². The molecule has 0 amide bonds. The third kappa shape index (κ3) is 2.99. The number of aromatic amines is 1. The van der Waals surface area contributed by atoms with Crippen LogP contribution in [0.15, 0.2) is 36.4 Å². The number of nitrogens with one attached hydrogen (secondary N) is 1. The second-order valence-corrected chi connectivity index (χ2v) is 8.85. The molecule has 2 aromatic carbocycles. The minimum Gasteiger partial charge on any atom is -0.357 e. The zero-order valence-electron chi connectivity index (χ0n) is 14.5. The van der Waals surface area contributed by atoms with Gasteiger partial charge in [0, 0.05) is 39.1 Å². The Morgan fingerprint density at radius 3 is 2.85 bits per heavy atom. The highest BCUT2D eigenvalue weighted by Crippen LogP contribution is 2.40. The van der Waals surface area contributed by atoms with E-state index in [-0.39, 0.29) is 0 Å². The fraction of sp³-hybridized carbons (Fsp3) is 0.250. The minimum atomic E-state index is 0.349. The fourth-order valence-corrected chi connectivity index (χ4v) is 5.47. The van der Waals surface area contributed by atoms with Crippen LogP contribution >= 0.6 is 34.5 Å². The molecule has 3 N–H and O–H groups in total. The van der Waals surface area contributed by atoms with Crippen LogP contribution in [0.3, 0.4) is 0 Å². The van der Waals surface area contributed by atoms with Gasteiger partial charge in [0.2, 0.25) is 0 Å². The summed E-state index contributed by atoms with van der Waals surface area (Å²) in [5, 5.41) is 3.75. The maximum absolute atomic E-state index is 6.26. The van der Waals surface area contributed by atoms with E-state index in [4.69, 9.17) is 33.9 Å². The number of benzene rings is 2. The van der Waals surface area contributed by atoms with Gasteiger partial charge in [0.25, 0.3) is 0 Å². The number of nitrogens with zero attached hydrogens (tertiary/aromatic N) is 2. The number of halogens is 2. The molecule has 138 valence electrons. The molecule has 1 atom stereocenters. The lowest BCUT2D eigenvalue weighted by atomic mass is 9.89. The number of rotatable bonds is 3. The minimum absolute atomic E-state index is 0.349. The van der Waals surface area contributed by atoms with Crippen molar-refractivity contribution in [1.82, 2.24) is 9.97 Å². The zero-order valence-corrected chi connectivity index (χ0v) is 16.8. The van der Waals surface area contributed by atoms with Gasteiger partial charge in [0.15, 0.2) is 5.13 Å². The second kappa shape index (κ2) is 6.67. The van der Waals surface area contributed by atoms with Crippen LogP contribution in [-0.4, -0.2) is 23.1 Å². The number of fused-ring (bicyclic) bond motifs is 4. The number of thiazole rings is 1. The normalized spacial score (nSPS) is 17.0. The first-order chi connectivity index (χ1) is 13.1. The van der Waals surface area contributed by atoms with Crippen molar-refractivity contribution in [1.29, 1.82) is 0 Å². The van der Waals surface area contributed by atoms with Gasteiger partial charge in [-0.05, 0) is 54.9 Å². The van der Waals surface area contributed by atoms with Gasteiger partial charge in [-0.2, -0.15) is 0 Å². The molecule has 0 saturated heterocycles. The van der Waals surface area contributed by atoms with Gasteiger partial charge in [-0.3, -0.25) is 0 Å². The van der Waals surface area contributed by atoms with Gasteiger partial charge in [-0.25, -0.2) is 4.98 Å². The summed E-state index contributed by atoms with van der Waals surface area (Å²) in [5.74, 6) is 0.349. The first kappa shape index (κ1) is 17.3. The van der Waals surface area contributed by atoms with E-state index in [9.17, 15) is 0 Å². The topological polar surface area (TPSA) is 57.9 Å². The van der Waals surface area contributed by atoms with Crippen molar-refractivity contribution in [3.05, 3.63) is 57.7 Å². The van der Waals surface area contributed by atoms with Gasteiger partial charge in [-0.1, -0.05) is 34.5 Å². The molecule has 7 heteroatoms. The summed E-state index contributed by atoms with van der Waals surface area (Å²) in [7, 11) is 0. The summed E-state index contributed by atoms with van der Waals surface area (Å²) in [6.07, 6.45) is 0.930. The molecule has 0 fully saturated rings. The van der Waals surface area contributed by atoms with Crippen LogP contribution in [0.4, 0.5) is 5.13 Å². The number of aromatic nitrogens is 2. The lowest BCUT2D eigenvalue weighted by Crippen LogP contribution is -2.34. The van der Waals surface area contributed by atoms with Crippen LogP contribution in [0.5, 0.6) is 0 Å². The lowest BCUT2D eigenvalue weighted by molar-refractivity contribution is 0.568. The average Bonchev–Trinajstić information content (AvgIpc) is 3.22. The van der Waals surface area contributed by atoms with Crippen LogP contribution in [-0.2, 0) is 6.54 Å². The van der Waals surface area contributed by atoms with E-state index in [1.54, 1.807) is 11.3 Å². The summed E-state index contributed by atoms with van der Waals surface area (Å²) in [5.41, 5.74) is 10.6. The van der Waals surface area contributed by atoms with E-state index in [1.807, 2.05) is 24.3 Å². The Kier molecular flexibility index (Phi) is 4.28. The number of nitrogens with two attached hydrogens (primary N) is 1. The van der Waals surface area contributed by atoms with Crippen molar-refractivity contribution >= 4 is 60.8 Å². The fourth-order valence-electron chi connectivity index (χ4n) is 4.05. The third-order valence-corrected chi connectivity index (χ3v) is 6.75. The van der Waals surface area contributed by atoms with Crippen LogP contribution < -0.4 is 10.6 Å². The van der Waals surface area contributed by atoms with Crippen molar-refractivity contribution in [3.8, 4) is 0 Å². The highest BCUT2D eigenvalue weighted by molar-refractivity contribution is 7.22. The third-order valence-electron chi connectivity index (χ3n) is 5.21. The number of H-pyrrole nitrogens is 1. The van der Waals surface area contributed by atoms with E-state index >= 15 is 0 Å². The van der Waals surface area contributed by atoms with Crippen LogP contribution in [0, 0.1) is 0 Å². The van der Waals surface area contributed by atoms with Gasteiger partial charge in [0.1, 0.15) is 0 Å². The van der Waals surface area contributed by atoms with Crippen molar-refractivity contribution < 1.29 is 0 Å². The SMILES string of the molecule is NCCC1CN(c2nc3ccc(Cl)cc3s2)Cc2[nH]c3ccc(Cl)cc3c21. The molecule has 0 aliphatic carbocycles. The Hall–Kier alpha value is -1.79. The summed E-state index contributed by atoms with van der Waals surface area (Å²) in [4.78, 5) is 10.8. The first-order valence-corrected chi connectivity index (χ1v) is 10.5. The van der Waals surface area contributed by atoms with E-state index in [0.29, 0.717) is 12.5 Å². The predicted molar refractivity (Wildman–Crippen MR) is 115 cm³/mol. The van der Waals surface area contributed by atoms with E-state index in [2.05, 4.69) is 22.0 Å². The maximum atomic E-state index is 6.26. The number of anilines is 1. The molecule has 1 aliphatic rings. The molecule has 0 saturated carbocycles. The molecule has 5 rings (SSSR count). The molecule has 4 aromatic rings. The van der Waals surface area contributed by atoms with Crippen molar-refractivity contribution in [2.75, 3.05) is 18.0 Å². The van der Waals surface area contributed by atoms with Crippen molar-refractivity contribution in [2.24, 2.45) is 5.73 Å². The number of hydrogen-bond donors (Lipinski definition) is 2. The summed E-state index contributed by atoms with van der Waals surface area (Å²) in [6.45, 7) is 2.36. The monoisotopic (exact) mass is 416 g/mol. The van der Waals surface area contributed by atoms with Crippen LogP contribution in [0.25, 0.3) is 21.1 Å². The van der Waals surface area contributed by atoms with E-state index in [0.717, 1.165) is 50.4 Å². The Labute approximate surface area is 170 Å². The smallest absolute Gasteiger partial charge is 0.186 e. The summed E-state index contributed by atoms with van der Waals surface area (Å²) < 4.78 is 1.11. The Morgan fingerprint density at radius 1 is 1.19 bits per heavy atom. The molecule has 3 heterocycles. The molecule has 27 heavy (non-hydrogen) atoms. The summed E-state index contributed by atoms with van der Waals surface area (Å²) in [6, 6.07) is 11.9. The molecular formula is C20H18Cl2N4S. The molecule has 2 aromatic heterocycles. The number of hydrogen-bond acceptors (Lipinski definition) is 4. The molecule has 0 radical (unpaired) electrons. The highest BCUT2D eigenvalue weighted by atomic mass is 35.5. The van der Waals surface area contributed by atoms with Gasteiger partial charge in [-0.15, -0.1) is 0 Å². The molecule has 1 unspecified atom stereocenters. The first-order valence-electron chi connectivity index (χ1n) is 8.93. The average molecular weight is 417 g/mol. The quantitative estimate of drug-likeness (QED) is 0.460. The Bertz CT molecular complexity index is 1150. The van der Waals surface area contributed by atoms with Gasteiger partial charge < -0.3 is 15.6 Å². The van der Waals surface area contributed by atoms with E-state index < -0.39 is 0 Å². The summed E-state index contributed by atoms with van der Waals surface area (Å²) >= 11 is 14.1. The predicted octanol–water partition coefficient (Wildman–Crippen LogP) is 5.54. The Morgan fingerprint density at radius 2 is 2.00 bits per heavy atom. The van der Waals surface area contributed by atoms with Gasteiger partial charge >= 0.3 is 0 Å². The standard InChI is InChI=1S/C20H18Cl2N4S/c21-12-1-3-15-14(7-12)19-11(5-6-23)9-26(10-17(19)24-15)20-25-16-4-2-13(22)8-18(16)27-20/h1-4,7-8,11,24H,5-6,9-10,23H2. The molecular weight excluding hydrogens is 399 g/mol. The Balaban J connectivity index is 1.59. The molecule has 4 nitrogen and oxygen atoms in total. The molecule has 0 spiro atoms. The lowest BCUT2D eigenvalue weighted by Gasteiger charge is -2.33. The second-order valence-electron chi connectivity index (χ2n) is 6.97. The molecule has 0 bridgehead atoms. The van der Waals surface area contributed by atoms with Crippen LogP contribution in [0.2, 0.25) is 10.0 Å². The maximum Gasteiger partial charge on any atom is 0.186 e. The van der Waals surface area contributed by atoms with E-state index in [1.165, 1.54) is 16.6 Å². The van der Waals surface area contributed by atoms with Gasteiger partial charge in [0.05, 0.1) is 16.8 Å². The van der Waals surface area contributed by atoms with Crippen LogP contribution in [0.1, 0.15) is 23.6 Å². The highest BCUT2D eigenvalue weighted by Gasteiger charge is 2.30.